The number of aromatic nitrogens is 4. The van der Waals surface area contributed by atoms with Crippen LogP contribution >= 0.6 is 23.2 Å². The number of hydrogen-bond acceptors (Lipinski definition) is 5. The molecule has 6 nitrogen and oxygen atoms in total. The number of halogens is 2. The van der Waals surface area contributed by atoms with Gasteiger partial charge in [-0.25, -0.2) is 4.98 Å². The second-order valence-electron chi connectivity index (χ2n) is 3.89. The Morgan fingerprint density at radius 3 is 2.47 bits per heavy atom. The van der Waals surface area contributed by atoms with Crippen molar-refractivity contribution in [2.45, 2.75) is 13.5 Å². The molecule has 102 valence electrons. The van der Waals surface area contributed by atoms with E-state index >= 15 is 0 Å². The summed E-state index contributed by atoms with van der Waals surface area (Å²) in [5, 5.41) is 14.9. The minimum Gasteiger partial charge on any atom is -0.369 e. The maximum atomic E-state index is 6.10. The van der Waals surface area contributed by atoms with Gasteiger partial charge in [0.25, 0.3) is 0 Å². The van der Waals surface area contributed by atoms with Crippen LogP contribution < -0.4 is 10.6 Å². The summed E-state index contributed by atoms with van der Waals surface area (Å²) in [6.45, 7) is 3.19. The van der Waals surface area contributed by atoms with E-state index < -0.39 is 0 Å². The first kappa shape index (κ1) is 13.9. The molecule has 0 saturated carbocycles. The van der Waals surface area contributed by atoms with Crippen molar-refractivity contribution in [3.8, 4) is 0 Å². The van der Waals surface area contributed by atoms with Crippen molar-refractivity contribution in [3.05, 3.63) is 28.3 Å². The molecule has 19 heavy (non-hydrogen) atoms. The number of hydrogen-bond donors (Lipinski definition) is 2. The van der Waals surface area contributed by atoms with Crippen LogP contribution in [-0.2, 0) is 13.6 Å². The second-order valence-corrected chi connectivity index (χ2v) is 4.71. The molecule has 2 heterocycles. The fourth-order valence-corrected chi connectivity index (χ4v) is 2.00. The van der Waals surface area contributed by atoms with Crippen molar-refractivity contribution < 1.29 is 0 Å². The van der Waals surface area contributed by atoms with Crippen molar-refractivity contribution in [1.29, 1.82) is 0 Å². The fourth-order valence-electron chi connectivity index (χ4n) is 1.51. The van der Waals surface area contributed by atoms with E-state index in [9.17, 15) is 0 Å². The molecule has 0 amide bonds. The highest BCUT2D eigenvalue weighted by Gasteiger charge is 2.09. The van der Waals surface area contributed by atoms with Crippen LogP contribution in [0.15, 0.2) is 12.4 Å². The third-order valence-corrected chi connectivity index (χ3v) is 3.07. The maximum absolute atomic E-state index is 6.10. The van der Waals surface area contributed by atoms with Crippen LogP contribution in [0.3, 0.4) is 0 Å². The van der Waals surface area contributed by atoms with Crippen molar-refractivity contribution in [1.82, 2.24) is 19.7 Å². The fraction of sp³-hybridized carbons (Fsp3) is 0.364. The average molecular weight is 301 g/mol. The van der Waals surface area contributed by atoms with Gasteiger partial charge >= 0.3 is 0 Å². The highest BCUT2D eigenvalue weighted by molar-refractivity contribution is 6.37. The van der Waals surface area contributed by atoms with E-state index in [1.165, 1.54) is 0 Å². The molecule has 0 radical (unpaired) electrons. The number of nitrogens with zero attached hydrogens (tertiary/aromatic N) is 4. The monoisotopic (exact) mass is 300 g/mol. The van der Waals surface area contributed by atoms with Crippen molar-refractivity contribution in [2.24, 2.45) is 7.05 Å². The molecule has 0 saturated heterocycles. The molecule has 0 unspecified atom stereocenters. The van der Waals surface area contributed by atoms with Crippen LogP contribution in [0.4, 0.5) is 11.6 Å². The largest absolute Gasteiger partial charge is 0.369 e. The van der Waals surface area contributed by atoms with Crippen LogP contribution in [0.1, 0.15) is 12.7 Å². The summed E-state index contributed by atoms with van der Waals surface area (Å²) in [6, 6.07) is 1.66. The summed E-state index contributed by atoms with van der Waals surface area (Å²) in [7, 11) is 1.87. The lowest BCUT2D eigenvalue weighted by Crippen LogP contribution is -2.09. The van der Waals surface area contributed by atoms with Gasteiger partial charge in [-0.15, -0.1) is 10.2 Å². The molecule has 2 aromatic heterocycles. The lowest BCUT2D eigenvalue weighted by molar-refractivity contribution is 0.810. The van der Waals surface area contributed by atoms with Crippen LogP contribution in [0.5, 0.6) is 0 Å². The third kappa shape index (κ3) is 3.27. The first-order chi connectivity index (χ1) is 9.11. The van der Waals surface area contributed by atoms with Gasteiger partial charge in [0.15, 0.2) is 5.82 Å². The van der Waals surface area contributed by atoms with Crippen LogP contribution in [-0.4, -0.2) is 26.3 Å². The minimum atomic E-state index is 0.467. The summed E-state index contributed by atoms with van der Waals surface area (Å²) >= 11 is 12.1. The molecule has 0 atom stereocenters. The number of nitrogens with one attached hydrogen (secondary N) is 2. The average Bonchev–Trinajstić information content (AvgIpc) is 2.77. The molecule has 0 aromatic carbocycles. The van der Waals surface area contributed by atoms with E-state index in [0.717, 1.165) is 12.4 Å². The summed E-state index contributed by atoms with van der Waals surface area (Å²) < 4.78 is 1.82. The predicted octanol–water partition coefficient (Wildman–Crippen LogP) is 2.56. The van der Waals surface area contributed by atoms with Gasteiger partial charge in [0.1, 0.15) is 18.0 Å². The zero-order chi connectivity index (χ0) is 13.8. The van der Waals surface area contributed by atoms with Gasteiger partial charge in [-0.3, -0.25) is 0 Å². The van der Waals surface area contributed by atoms with Crippen LogP contribution in [0.2, 0.25) is 10.0 Å². The van der Waals surface area contributed by atoms with E-state index in [1.807, 2.05) is 18.5 Å². The van der Waals surface area contributed by atoms with E-state index in [0.29, 0.717) is 28.2 Å². The number of anilines is 2. The summed E-state index contributed by atoms with van der Waals surface area (Å²) in [6.07, 6.45) is 1.64. The normalized spacial score (nSPS) is 10.5. The molecule has 8 heteroatoms. The molecule has 2 rings (SSSR count). The SMILES string of the molecule is CCNc1nc(NCc2nncn2C)c(Cl)cc1Cl. The van der Waals surface area contributed by atoms with E-state index in [2.05, 4.69) is 25.8 Å². The van der Waals surface area contributed by atoms with Crippen molar-refractivity contribution >= 4 is 34.8 Å². The van der Waals surface area contributed by atoms with Gasteiger partial charge < -0.3 is 15.2 Å². The molecular weight excluding hydrogens is 287 g/mol. The topological polar surface area (TPSA) is 67.7 Å². The van der Waals surface area contributed by atoms with Gasteiger partial charge in [-0.1, -0.05) is 23.2 Å². The zero-order valence-electron chi connectivity index (χ0n) is 10.6. The Bertz CT molecular complexity index is 568. The molecule has 2 aromatic rings. The standard InChI is InChI=1S/C11H14Cl2N6/c1-3-14-10-7(12)4-8(13)11(17-10)15-5-9-18-16-6-19(9)2/h4,6H,3,5H2,1-2H3,(H2,14,15,17). The van der Waals surface area contributed by atoms with Crippen molar-refractivity contribution in [3.63, 3.8) is 0 Å². The van der Waals surface area contributed by atoms with Gasteiger partial charge in [0, 0.05) is 13.6 Å². The third-order valence-electron chi connectivity index (χ3n) is 2.49. The smallest absolute Gasteiger partial charge is 0.151 e. The first-order valence-electron chi connectivity index (χ1n) is 5.78. The Kier molecular flexibility index (Phi) is 4.44. The molecule has 0 bridgehead atoms. The van der Waals surface area contributed by atoms with Crippen LogP contribution in [0.25, 0.3) is 0 Å². The highest BCUT2D eigenvalue weighted by atomic mass is 35.5. The maximum Gasteiger partial charge on any atom is 0.151 e. The molecule has 0 fully saturated rings. The number of rotatable bonds is 5. The van der Waals surface area contributed by atoms with Gasteiger partial charge in [0.05, 0.1) is 16.6 Å². The highest BCUT2D eigenvalue weighted by Crippen LogP contribution is 2.29. The Morgan fingerprint density at radius 2 is 1.89 bits per heavy atom. The summed E-state index contributed by atoms with van der Waals surface area (Å²) in [5.74, 6) is 1.96. The van der Waals surface area contributed by atoms with Crippen molar-refractivity contribution in [2.75, 3.05) is 17.2 Å². The summed E-state index contributed by atoms with van der Waals surface area (Å²) in [4.78, 5) is 4.35. The van der Waals surface area contributed by atoms with Crippen LogP contribution in [0, 0.1) is 0 Å². The van der Waals surface area contributed by atoms with E-state index in [-0.39, 0.29) is 0 Å². The van der Waals surface area contributed by atoms with Gasteiger partial charge in [-0.05, 0) is 13.0 Å². The molecule has 0 aliphatic rings. The first-order valence-corrected chi connectivity index (χ1v) is 6.54. The Hall–Kier alpha value is -1.53. The quantitative estimate of drug-likeness (QED) is 0.888. The second kappa shape index (κ2) is 6.08. The number of aryl methyl sites for hydroxylation is 1. The molecule has 2 N–H and O–H groups in total. The lowest BCUT2D eigenvalue weighted by atomic mass is 10.4. The Labute approximate surface area is 121 Å². The summed E-state index contributed by atoms with van der Waals surface area (Å²) in [5.41, 5.74) is 0. The van der Waals surface area contributed by atoms with E-state index in [4.69, 9.17) is 23.2 Å². The molecule has 0 spiro atoms. The molecular formula is C11H14Cl2N6. The zero-order valence-corrected chi connectivity index (χ0v) is 12.1. The predicted molar refractivity (Wildman–Crippen MR) is 76.8 cm³/mol. The molecule has 0 aliphatic carbocycles. The Balaban J connectivity index is 2.15. The van der Waals surface area contributed by atoms with E-state index in [1.54, 1.807) is 12.4 Å². The van der Waals surface area contributed by atoms with Gasteiger partial charge in [-0.2, -0.15) is 0 Å². The molecule has 0 aliphatic heterocycles. The number of pyridine rings is 1. The minimum absolute atomic E-state index is 0.467. The Morgan fingerprint density at radius 1 is 1.21 bits per heavy atom. The van der Waals surface area contributed by atoms with Gasteiger partial charge in [0.2, 0.25) is 0 Å². The lowest BCUT2D eigenvalue weighted by Gasteiger charge is -2.11.